The molecule has 0 aliphatic heterocycles. The Bertz CT molecular complexity index is 138. The van der Waals surface area contributed by atoms with E-state index >= 15 is 0 Å². The molecule has 0 N–H and O–H groups in total. The summed E-state index contributed by atoms with van der Waals surface area (Å²) < 4.78 is 0. The summed E-state index contributed by atoms with van der Waals surface area (Å²) in [6.45, 7) is 8.39. The predicted octanol–water partition coefficient (Wildman–Crippen LogP) is -0.0755. The summed E-state index contributed by atoms with van der Waals surface area (Å²) in [5.41, 5.74) is 0.00479. The van der Waals surface area contributed by atoms with Crippen LogP contribution in [-0.2, 0) is 12.6 Å². The van der Waals surface area contributed by atoms with E-state index in [9.17, 15) is 0 Å². The van der Waals surface area contributed by atoms with E-state index in [4.69, 9.17) is 12.6 Å². The fraction of sp³-hybridized carbons (Fsp3) is 0.889. The van der Waals surface area contributed by atoms with Crippen molar-refractivity contribution in [2.75, 3.05) is 0 Å². The largest absolute Gasteiger partial charge is 1.00 e. The summed E-state index contributed by atoms with van der Waals surface area (Å²) >= 11 is 5.10. The maximum atomic E-state index is 5.10. The zero-order valence-electron chi connectivity index (χ0n) is 8.98. The number of hydrogen-bond donors (Lipinski definition) is 0. The van der Waals surface area contributed by atoms with E-state index in [1.54, 1.807) is 0 Å². The molecule has 0 bridgehead atoms. The molecule has 0 saturated carbocycles. The zero-order chi connectivity index (χ0) is 8.91. The molecule has 1 nitrogen and oxygen atoms in total. The Morgan fingerprint density at radius 1 is 1.33 bits per heavy atom. The van der Waals surface area contributed by atoms with E-state index in [-0.39, 0.29) is 24.4 Å². The average molecular weight is 179 g/mol. The second-order valence-electron chi connectivity index (χ2n) is 3.78. The van der Waals surface area contributed by atoms with Gasteiger partial charge < -0.3 is 17.6 Å². The Labute approximate surface area is 94.0 Å². The van der Waals surface area contributed by atoms with Gasteiger partial charge in [0, 0.05) is 0 Å². The van der Waals surface area contributed by atoms with E-state index in [2.05, 4.69) is 32.7 Å². The van der Waals surface area contributed by atoms with Gasteiger partial charge in [0.15, 0.2) is 0 Å². The molecule has 0 radical (unpaired) electrons. The molecule has 0 saturated heterocycles. The van der Waals surface area contributed by atoms with Crippen LogP contribution in [0.2, 0.25) is 0 Å². The zero-order valence-corrected chi connectivity index (χ0v) is 9.79. The Morgan fingerprint density at radius 3 is 2.17 bits per heavy atom. The number of hydrogen-bond acceptors (Lipinski definition) is 2. The molecule has 0 spiro atoms. The molecular weight excluding hydrogens is 161 g/mol. The smallest absolute Gasteiger partial charge is 0.765 e. The number of aliphatic imine (C=N–C) groups is 1. The number of unbranched alkanes of at least 4 members (excludes halogenated alkanes) is 1. The summed E-state index contributed by atoms with van der Waals surface area (Å²) in [5.74, 6) is 0. The van der Waals surface area contributed by atoms with Crippen LogP contribution in [0.4, 0.5) is 0 Å². The topological polar surface area (TPSA) is 12.4 Å². The van der Waals surface area contributed by atoms with Crippen LogP contribution >= 0.6 is 0 Å². The first-order chi connectivity index (χ1) is 4.95. The van der Waals surface area contributed by atoms with E-state index < -0.39 is 0 Å². The Balaban J connectivity index is 0. The Morgan fingerprint density at radius 2 is 1.83 bits per heavy atom. The van der Waals surface area contributed by atoms with Gasteiger partial charge in [-0.3, -0.25) is 0 Å². The molecule has 0 aromatic carbocycles. The third-order valence-electron chi connectivity index (χ3n) is 1.20. The van der Waals surface area contributed by atoms with Crippen molar-refractivity contribution in [2.45, 2.75) is 52.5 Å². The second kappa shape index (κ2) is 6.95. The van der Waals surface area contributed by atoms with Crippen LogP contribution in [0.3, 0.4) is 0 Å². The van der Waals surface area contributed by atoms with Gasteiger partial charge >= 0.3 is 18.9 Å². The van der Waals surface area contributed by atoms with Gasteiger partial charge in [0.1, 0.15) is 0 Å². The van der Waals surface area contributed by atoms with Crippen LogP contribution in [-0.4, -0.2) is 10.6 Å². The van der Waals surface area contributed by atoms with Crippen LogP contribution in [0, 0.1) is 0 Å². The van der Waals surface area contributed by atoms with Crippen molar-refractivity contribution in [1.29, 1.82) is 0 Å². The van der Waals surface area contributed by atoms with Crippen LogP contribution < -0.4 is 18.9 Å². The molecule has 66 valence electrons. The van der Waals surface area contributed by atoms with Crippen molar-refractivity contribution in [3.8, 4) is 0 Å². The molecule has 0 aromatic rings. The molecule has 0 atom stereocenters. The van der Waals surface area contributed by atoms with Crippen LogP contribution in [0.25, 0.3) is 0 Å². The molecule has 0 fully saturated rings. The van der Waals surface area contributed by atoms with Crippen molar-refractivity contribution in [3.63, 3.8) is 0 Å². The van der Waals surface area contributed by atoms with Crippen molar-refractivity contribution >= 4 is 17.7 Å². The summed E-state index contributed by atoms with van der Waals surface area (Å²) in [6.07, 6.45) is 3.33. The average Bonchev–Trinajstić information content (AvgIpc) is 1.79. The summed E-state index contributed by atoms with van der Waals surface area (Å²) in [5, 5.41) is 0.874. The number of rotatable bonds is 3. The van der Waals surface area contributed by atoms with E-state index in [0.29, 0.717) is 0 Å². The van der Waals surface area contributed by atoms with Crippen molar-refractivity contribution in [1.82, 2.24) is 0 Å². The minimum atomic E-state index is 0. The third-order valence-corrected chi connectivity index (χ3v) is 1.50. The van der Waals surface area contributed by atoms with Gasteiger partial charge in [-0.05, 0) is 27.2 Å². The van der Waals surface area contributed by atoms with Crippen molar-refractivity contribution in [2.24, 2.45) is 4.99 Å². The number of nitrogens with zero attached hydrogens (tertiary/aromatic N) is 1. The molecule has 0 aromatic heterocycles. The van der Waals surface area contributed by atoms with Gasteiger partial charge in [0.2, 0.25) is 0 Å². The van der Waals surface area contributed by atoms with Gasteiger partial charge in [-0.1, -0.05) is 19.8 Å². The summed E-state index contributed by atoms with van der Waals surface area (Å²) in [6, 6.07) is 0. The van der Waals surface area contributed by atoms with E-state index in [0.717, 1.165) is 11.5 Å². The monoisotopic (exact) mass is 179 g/mol. The summed E-state index contributed by atoms with van der Waals surface area (Å²) in [7, 11) is 0. The fourth-order valence-corrected chi connectivity index (χ4v) is 1.18. The second-order valence-corrected chi connectivity index (χ2v) is 4.25. The van der Waals surface area contributed by atoms with E-state index in [1.165, 1.54) is 12.8 Å². The molecule has 0 aliphatic carbocycles. The molecule has 0 rings (SSSR count). The third kappa shape index (κ3) is 10.5. The normalized spacial score (nSPS) is 12.5. The first-order valence-electron chi connectivity index (χ1n) is 4.21. The first-order valence-corrected chi connectivity index (χ1v) is 4.62. The van der Waals surface area contributed by atoms with Crippen LogP contribution in [0.1, 0.15) is 47.0 Å². The maximum absolute atomic E-state index is 5.10. The summed E-state index contributed by atoms with van der Waals surface area (Å²) in [4.78, 5) is 4.38. The molecular formula is C9H18LiNS. The molecule has 0 amide bonds. The van der Waals surface area contributed by atoms with E-state index in [1.807, 2.05) is 0 Å². The molecule has 12 heavy (non-hydrogen) atoms. The van der Waals surface area contributed by atoms with Gasteiger partial charge in [-0.2, -0.15) is 0 Å². The molecule has 0 unspecified atom stereocenters. The van der Waals surface area contributed by atoms with Gasteiger partial charge in [-0.15, -0.1) is 5.04 Å². The van der Waals surface area contributed by atoms with Crippen molar-refractivity contribution < 1.29 is 18.9 Å². The molecule has 3 heteroatoms. The van der Waals surface area contributed by atoms with Crippen LogP contribution in [0.5, 0.6) is 0 Å². The minimum Gasteiger partial charge on any atom is -0.765 e. The SMILES string of the molecule is CCCCC([S-])=NC(C)(C)C.[Li+]. The van der Waals surface area contributed by atoms with Gasteiger partial charge in [-0.25, -0.2) is 0 Å². The maximum Gasteiger partial charge on any atom is 1.00 e. The molecule has 0 heterocycles. The van der Waals surface area contributed by atoms with Crippen LogP contribution in [0.15, 0.2) is 4.99 Å². The minimum absolute atomic E-state index is 0. The van der Waals surface area contributed by atoms with Crippen molar-refractivity contribution in [3.05, 3.63) is 0 Å². The van der Waals surface area contributed by atoms with Gasteiger partial charge in [0.25, 0.3) is 0 Å². The van der Waals surface area contributed by atoms with Gasteiger partial charge in [0.05, 0.1) is 5.54 Å². The first kappa shape index (κ1) is 15.0. The predicted molar refractivity (Wildman–Crippen MR) is 54.1 cm³/mol. The fourth-order valence-electron chi connectivity index (χ4n) is 0.758. The Hall–Kier alpha value is 0.487. The standard InChI is InChI=1S/C9H19NS.Li/c1-5-6-7-8(11)10-9(2,3)4;/h5-7H2,1-4H3,(H,10,11);/q;+1/p-1. The molecule has 0 aliphatic rings. The quantitative estimate of drug-likeness (QED) is 0.255. The Kier molecular flexibility index (Phi) is 8.67.